The number of pyridine rings is 1. The fraction of sp³-hybridized carbons (Fsp3) is 0.250. The van der Waals surface area contributed by atoms with E-state index in [9.17, 15) is 0 Å². The Morgan fingerprint density at radius 3 is 2.52 bits per heavy atom. The van der Waals surface area contributed by atoms with Crippen LogP contribution in [-0.4, -0.2) is 25.0 Å². The molecule has 110 valence electrons. The Labute approximate surface area is 124 Å². The number of methoxy groups -OCH3 is 1. The second kappa shape index (κ2) is 5.83. The zero-order valence-electron chi connectivity index (χ0n) is 12.8. The lowest BCUT2D eigenvalue weighted by molar-refractivity contribution is 0.415. The molecular weight excluding hydrogens is 264 g/mol. The normalized spacial score (nSPS) is 10.3. The number of rotatable bonds is 4. The van der Waals surface area contributed by atoms with E-state index in [2.05, 4.69) is 4.98 Å². The Balaban J connectivity index is 2.63. The van der Waals surface area contributed by atoms with Crippen LogP contribution in [-0.2, 0) is 0 Å². The van der Waals surface area contributed by atoms with E-state index in [1.165, 1.54) is 0 Å². The minimum Gasteiger partial charge on any atom is -0.495 e. The Kier molecular flexibility index (Phi) is 4.12. The highest BCUT2D eigenvalue weighted by atomic mass is 16.5. The maximum atomic E-state index is 7.82. The summed E-state index contributed by atoms with van der Waals surface area (Å²) in [6.07, 6.45) is 0. The number of aromatic nitrogens is 1. The van der Waals surface area contributed by atoms with Gasteiger partial charge >= 0.3 is 0 Å². The lowest BCUT2D eigenvalue weighted by Crippen LogP contribution is -2.21. The van der Waals surface area contributed by atoms with Crippen LogP contribution in [0.25, 0.3) is 0 Å². The van der Waals surface area contributed by atoms with E-state index in [1.807, 2.05) is 56.1 Å². The third-order valence-corrected chi connectivity index (χ3v) is 3.38. The molecule has 1 aromatic carbocycles. The van der Waals surface area contributed by atoms with Crippen molar-refractivity contribution in [2.75, 3.05) is 19.1 Å². The van der Waals surface area contributed by atoms with Crippen LogP contribution in [0.15, 0.2) is 30.3 Å². The molecule has 0 atom stereocenters. The summed E-state index contributed by atoms with van der Waals surface area (Å²) in [5.41, 5.74) is 9.77. The predicted molar refractivity (Wildman–Crippen MR) is 85.8 cm³/mol. The van der Waals surface area contributed by atoms with Crippen molar-refractivity contribution in [1.29, 1.82) is 5.41 Å². The largest absolute Gasteiger partial charge is 0.495 e. The summed E-state index contributed by atoms with van der Waals surface area (Å²) in [5, 5.41) is 7.82. The number of aryl methyl sites for hydroxylation is 2. The number of para-hydroxylation sites is 2. The lowest BCUT2D eigenvalue weighted by Gasteiger charge is -2.25. The van der Waals surface area contributed by atoms with Gasteiger partial charge in [-0.3, -0.25) is 10.4 Å². The van der Waals surface area contributed by atoms with Crippen LogP contribution in [0.3, 0.4) is 0 Å². The number of amidine groups is 1. The number of benzene rings is 1. The minimum absolute atomic E-state index is 0.0109. The molecule has 5 nitrogen and oxygen atoms in total. The molecule has 0 amide bonds. The summed E-state index contributed by atoms with van der Waals surface area (Å²) in [6.45, 7) is 3.79. The van der Waals surface area contributed by atoms with E-state index in [0.29, 0.717) is 5.56 Å². The Morgan fingerprint density at radius 2 is 1.90 bits per heavy atom. The molecule has 0 bridgehead atoms. The van der Waals surface area contributed by atoms with E-state index in [1.54, 1.807) is 7.11 Å². The molecule has 0 radical (unpaired) electrons. The van der Waals surface area contributed by atoms with Crippen molar-refractivity contribution < 1.29 is 4.74 Å². The van der Waals surface area contributed by atoms with Gasteiger partial charge in [0.2, 0.25) is 0 Å². The summed E-state index contributed by atoms with van der Waals surface area (Å²) in [6, 6.07) is 9.66. The zero-order chi connectivity index (χ0) is 15.6. The third-order valence-electron chi connectivity index (χ3n) is 3.38. The smallest absolute Gasteiger partial charge is 0.142 e. The van der Waals surface area contributed by atoms with Gasteiger partial charge in [0.15, 0.2) is 0 Å². The van der Waals surface area contributed by atoms with Crippen molar-refractivity contribution in [3.8, 4) is 5.75 Å². The molecule has 0 aliphatic rings. The van der Waals surface area contributed by atoms with Crippen LogP contribution < -0.4 is 15.4 Å². The van der Waals surface area contributed by atoms with Crippen LogP contribution in [0.2, 0.25) is 0 Å². The van der Waals surface area contributed by atoms with Crippen LogP contribution in [0.1, 0.15) is 17.0 Å². The van der Waals surface area contributed by atoms with Crippen molar-refractivity contribution in [3.63, 3.8) is 0 Å². The van der Waals surface area contributed by atoms with Gasteiger partial charge in [-0.15, -0.1) is 0 Å². The van der Waals surface area contributed by atoms with Crippen LogP contribution in [0, 0.1) is 19.3 Å². The molecule has 0 spiro atoms. The average molecular weight is 284 g/mol. The molecule has 1 aromatic heterocycles. The molecule has 0 aliphatic carbocycles. The van der Waals surface area contributed by atoms with Gasteiger partial charge in [-0.05, 0) is 32.0 Å². The SMILES string of the molecule is COc1ccccc1N(C)c1cc(C)nc(C)c1C(=N)N. The first-order valence-electron chi connectivity index (χ1n) is 6.65. The Hall–Kier alpha value is -2.56. The Morgan fingerprint density at radius 1 is 1.24 bits per heavy atom. The van der Waals surface area contributed by atoms with Gasteiger partial charge in [-0.25, -0.2) is 0 Å². The maximum absolute atomic E-state index is 7.82. The molecule has 5 heteroatoms. The predicted octanol–water partition coefficient (Wildman–Crippen LogP) is 2.76. The third kappa shape index (κ3) is 2.81. The summed E-state index contributed by atoms with van der Waals surface area (Å²) < 4.78 is 5.41. The first-order valence-corrected chi connectivity index (χ1v) is 6.65. The molecular formula is C16H20N4O. The van der Waals surface area contributed by atoms with Crippen molar-refractivity contribution in [2.45, 2.75) is 13.8 Å². The second-order valence-electron chi connectivity index (χ2n) is 4.89. The molecule has 0 fully saturated rings. The van der Waals surface area contributed by atoms with Gasteiger partial charge in [0.25, 0.3) is 0 Å². The van der Waals surface area contributed by atoms with Crippen LogP contribution in [0.4, 0.5) is 11.4 Å². The first-order chi connectivity index (χ1) is 9.95. The quantitative estimate of drug-likeness (QED) is 0.668. The van der Waals surface area contributed by atoms with E-state index in [0.717, 1.165) is 28.5 Å². The summed E-state index contributed by atoms with van der Waals surface area (Å²) in [5.74, 6) is 0.776. The standard InChI is InChI=1S/C16H20N4O/c1-10-9-13(15(16(17)18)11(2)19-10)20(3)12-7-5-6-8-14(12)21-4/h5-9H,1-4H3,(H3,17,18). The number of nitrogens with zero attached hydrogens (tertiary/aromatic N) is 2. The zero-order valence-corrected chi connectivity index (χ0v) is 12.8. The van der Waals surface area contributed by atoms with Crippen molar-refractivity contribution in [3.05, 3.63) is 47.3 Å². The number of hydrogen-bond acceptors (Lipinski definition) is 4. The number of hydrogen-bond donors (Lipinski definition) is 2. The summed E-state index contributed by atoms with van der Waals surface area (Å²) >= 11 is 0. The fourth-order valence-corrected chi connectivity index (χ4v) is 2.44. The molecule has 3 N–H and O–H groups in total. The molecule has 2 rings (SSSR count). The number of anilines is 2. The van der Waals surface area contributed by atoms with E-state index < -0.39 is 0 Å². The maximum Gasteiger partial charge on any atom is 0.142 e. The molecule has 1 heterocycles. The van der Waals surface area contributed by atoms with Crippen LogP contribution >= 0.6 is 0 Å². The van der Waals surface area contributed by atoms with Crippen LogP contribution in [0.5, 0.6) is 5.75 Å². The van der Waals surface area contributed by atoms with Gasteiger partial charge in [-0.2, -0.15) is 0 Å². The highest BCUT2D eigenvalue weighted by molar-refractivity contribution is 6.02. The second-order valence-corrected chi connectivity index (χ2v) is 4.89. The van der Waals surface area contributed by atoms with E-state index in [-0.39, 0.29) is 5.84 Å². The van der Waals surface area contributed by atoms with Gasteiger partial charge in [0, 0.05) is 12.7 Å². The minimum atomic E-state index is 0.0109. The number of ether oxygens (including phenoxy) is 1. The molecule has 21 heavy (non-hydrogen) atoms. The number of nitrogens with two attached hydrogens (primary N) is 1. The molecule has 2 aromatic rings. The van der Waals surface area contributed by atoms with Gasteiger partial charge in [0.05, 0.1) is 29.7 Å². The van der Waals surface area contributed by atoms with Crippen molar-refractivity contribution >= 4 is 17.2 Å². The monoisotopic (exact) mass is 284 g/mol. The Bertz CT molecular complexity index is 682. The number of nitrogen functional groups attached to an aromatic ring is 1. The van der Waals surface area contributed by atoms with E-state index in [4.69, 9.17) is 15.9 Å². The van der Waals surface area contributed by atoms with E-state index >= 15 is 0 Å². The highest BCUT2D eigenvalue weighted by Gasteiger charge is 2.17. The molecule has 0 saturated heterocycles. The van der Waals surface area contributed by atoms with Gasteiger partial charge in [-0.1, -0.05) is 12.1 Å². The molecule has 0 saturated carbocycles. The highest BCUT2D eigenvalue weighted by Crippen LogP contribution is 2.34. The molecule has 0 aliphatic heterocycles. The number of nitrogens with one attached hydrogen (secondary N) is 1. The summed E-state index contributed by atoms with van der Waals surface area (Å²) in [4.78, 5) is 6.36. The van der Waals surface area contributed by atoms with Crippen molar-refractivity contribution in [2.24, 2.45) is 5.73 Å². The topological polar surface area (TPSA) is 75.2 Å². The van der Waals surface area contributed by atoms with Crippen molar-refractivity contribution in [1.82, 2.24) is 4.98 Å². The lowest BCUT2D eigenvalue weighted by atomic mass is 10.1. The fourth-order valence-electron chi connectivity index (χ4n) is 2.44. The van der Waals surface area contributed by atoms with Gasteiger partial charge < -0.3 is 15.4 Å². The average Bonchev–Trinajstić information content (AvgIpc) is 2.45. The molecule has 0 unspecified atom stereocenters. The van der Waals surface area contributed by atoms with Gasteiger partial charge in [0.1, 0.15) is 11.6 Å². The first kappa shape index (κ1) is 14.8. The summed E-state index contributed by atoms with van der Waals surface area (Å²) in [7, 11) is 3.57.